The van der Waals surface area contributed by atoms with Gasteiger partial charge in [0.1, 0.15) is 35.9 Å². The van der Waals surface area contributed by atoms with E-state index in [1.165, 1.54) is 18.2 Å². The molecule has 4 saturated carbocycles. The van der Waals surface area contributed by atoms with E-state index in [4.69, 9.17) is 10.00 Å². The average molecular weight is 484 g/mol. The van der Waals surface area contributed by atoms with Gasteiger partial charge in [-0.05, 0) is 112 Å². The van der Waals surface area contributed by atoms with E-state index in [0.717, 1.165) is 38.5 Å². The van der Waals surface area contributed by atoms with Crippen molar-refractivity contribution in [3.63, 3.8) is 0 Å². The van der Waals surface area contributed by atoms with E-state index < -0.39 is 17.1 Å². The fraction of sp³-hybridized carbons (Fsp3) is 0.690. The van der Waals surface area contributed by atoms with Gasteiger partial charge in [-0.25, -0.2) is 13.6 Å². The number of carbonyl (C=O) groups excluding carboxylic acids is 1. The van der Waals surface area contributed by atoms with Gasteiger partial charge in [0, 0.05) is 6.07 Å². The van der Waals surface area contributed by atoms with Crippen LogP contribution >= 0.6 is 0 Å². The van der Waals surface area contributed by atoms with Gasteiger partial charge in [0.15, 0.2) is 0 Å². The van der Waals surface area contributed by atoms with Crippen molar-refractivity contribution in [3.05, 3.63) is 35.2 Å². The summed E-state index contributed by atoms with van der Waals surface area (Å²) >= 11 is 0. The highest BCUT2D eigenvalue weighted by Crippen LogP contribution is 2.67. The summed E-state index contributed by atoms with van der Waals surface area (Å²) in [5, 5.41) is 19.5. The van der Waals surface area contributed by atoms with E-state index in [2.05, 4.69) is 12.9 Å². The van der Waals surface area contributed by atoms with Crippen LogP contribution in [0.2, 0.25) is 0 Å². The van der Waals surface area contributed by atoms with Gasteiger partial charge >= 0.3 is 0 Å². The second kappa shape index (κ2) is 8.71. The third-order valence-electron chi connectivity index (χ3n) is 10.3. The molecule has 35 heavy (non-hydrogen) atoms. The van der Waals surface area contributed by atoms with Gasteiger partial charge in [-0.1, -0.05) is 6.92 Å². The summed E-state index contributed by atoms with van der Waals surface area (Å²) < 4.78 is 36.3. The van der Waals surface area contributed by atoms with Gasteiger partial charge in [0.2, 0.25) is 0 Å². The zero-order valence-corrected chi connectivity index (χ0v) is 20.7. The standard InChI is InChI=1S/C29H35F2NO3/c1-27(34)11-12-29(31)20(14-27)4-6-22-24-8-7-23(28(24,2)10-9-25(22)29)19(16-33)17-35-21-5-3-18(15-32)26(30)13-21/h3,5,13,20,22-25,34H,4,6-12,14,17H2,1-2H3/t20-,22+,23-,24+,25+,27-,28-,29-/m1/s1. The van der Waals surface area contributed by atoms with Crippen LogP contribution in [0.4, 0.5) is 8.78 Å². The number of benzene rings is 1. The van der Waals surface area contributed by atoms with Gasteiger partial charge in [0.25, 0.3) is 0 Å². The lowest BCUT2D eigenvalue weighted by molar-refractivity contribution is -0.163. The lowest BCUT2D eigenvalue weighted by atomic mass is 9.47. The van der Waals surface area contributed by atoms with Crippen LogP contribution in [0.5, 0.6) is 5.75 Å². The molecule has 0 aliphatic heterocycles. The first-order valence-corrected chi connectivity index (χ1v) is 13.1. The van der Waals surface area contributed by atoms with Gasteiger partial charge in [-0.2, -0.15) is 5.26 Å². The molecule has 8 atom stereocenters. The largest absolute Gasteiger partial charge is 0.488 e. The average Bonchev–Trinajstić information content (AvgIpc) is 3.17. The van der Waals surface area contributed by atoms with Crippen LogP contribution in [-0.2, 0) is 4.79 Å². The number of aliphatic hydroxyl groups is 1. The van der Waals surface area contributed by atoms with Crippen LogP contribution in [0.1, 0.15) is 77.2 Å². The first-order valence-electron chi connectivity index (χ1n) is 13.1. The Hall–Kier alpha value is -2.22. The third kappa shape index (κ3) is 4.02. The predicted octanol–water partition coefficient (Wildman–Crippen LogP) is 5.95. The van der Waals surface area contributed by atoms with Crippen molar-refractivity contribution in [1.82, 2.24) is 0 Å². The number of hydrogen-bond acceptors (Lipinski definition) is 4. The summed E-state index contributed by atoms with van der Waals surface area (Å²) in [7, 11) is 0. The Labute approximate surface area is 206 Å². The smallest absolute Gasteiger partial charge is 0.144 e. The summed E-state index contributed by atoms with van der Waals surface area (Å²) in [4.78, 5) is 12.0. The molecule has 4 fully saturated rings. The van der Waals surface area contributed by atoms with Crippen LogP contribution in [0.25, 0.3) is 0 Å². The molecule has 0 aromatic heterocycles. The minimum absolute atomic E-state index is 0.0227. The summed E-state index contributed by atoms with van der Waals surface area (Å²) in [5.74, 6) is 2.45. The number of hydrogen-bond donors (Lipinski definition) is 1. The first-order chi connectivity index (χ1) is 16.6. The van der Waals surface area contributed by atoms with E-state index in [0.29, 0.717) is 36.7 Å². The molecular weight excluding hydrogens is 448 g/mol. The fourth-order valence-electron chi connectivity index (χ4n) is 8.59. The molecule has 0 heterocycles. The van der Waals surface area contributed by atoms with E-state index >= 15 is 4.39 Å². The number of fused-ring (bicyclic) bond motifs is 5. The van der Waals surface area contributed by atoms with Crippen molar-refractivity contribution in [2.24, 2.45) is 35.0 Å². The molecule has 1 aromatic rings. The molecular formula is C29H35F2NO3. The van der Waals surface area contributed by atoms with Crippen LogP contribution in [-0.4, -0.2) is 28.9 Å². The Kier molecular flexibility index (Phi) is 6.09. The molecule has 0 bridgehead atoms. The molecule has 5 rings (SSSR count). The highest BCUT2D eigenvalue weighted by atomic mass is 19.1. The van der Waals surface area contributed by atoms with Crippen LogP contribution in [0.3, 0.4) is 0 Å². The normalized spacial score (nSPS) is 42.1. The molecule has 4 nitrogen and oxygen atoms in total. The zero-order chi connectivity index (χ0) is 25.0. The molecule has 188 valence electrons. The minimum Gasteiger partial charge on any atom is -0.488 e. The maximum absolute atomic E-state index is 16.5. The molecule has 0 spiro atoms. The van der Waals surface area contributed by atoms with Gasteiger partial charge < -0.3 is 9.84 Å². The Morgan fingerprint density at radius 2 is 1.94 bits per heavy atom. The number of rotatable bonds is 4. The van der Waals surface area contributed by atoms with Crippen molar-refractivity contribution in [1.29, 1.82) is 5.26 Å². The van der Waals surface area contributed by atoms with Crippen LogP contribution in [0, 0.1) is 52.2 Å². The quantitative estimate of drug-likeness (QED) is 0.538. The van der Waals surface area contributed by atoms with Crippen LogP contribution < -0.4 is 4.74 Å². The van der Waals surface area contributed by atoms with Crippen LogP contribution in [0.15, 0.2) is 23.8 Å². The molecule has 0 saturated heterocycles. The first kappa shape index (κ1) is 24.5. The highest BCUT2D eigenvalue weighted by Gasteiger charge is 2.63. The zero-order valence-electron chi connectivity index (χ0n) is 20.7. The number of halogens is 2. The van der Waals surface area contributed by atoms with E-state index in [1.807, 2.05) is 6.92 Å². The lowest BCUT2D eigenvalue weighted by Crippen LogP contribution is -2.58. The van der Waals surface area contributed by atoms with E-state index in [9.17, 15) is 14.3 Å². The van der Waals surface area contributed by atoms with Gasteiger partial charge in [-0.3, -0.25) is 0 Å². The SMILES string of the molecule is C[C@@]1(O)CC[C@@]2(F)[C@H](CC[C@H]3[C@@H]4CC[C@H](C(=C=O)COc5ccc(C#N)c(F)c5)[C@@]4(C)CC[C@@H]32)C1. The van der Waals surface area contributed by atoms with Gasteiger partial charge in [0.05, 0.1) is 16.7 Å². The maximum Gasteiger partial charge on any atom is 0.144 e. The number of ether oxygens (including phenoxy) is 1. The Morgan fingerprint density at radius 3 is 2.66 bits per heavy atom. The van der Waals surface area contributed by atoms with E-state index in [-0.39, 0.29) is 41.1 Å². The minimum atomic E-state index is -1.18. The Morgan fingerprint density at radius 1 is 1.14 bits per heavy atom. The monoisotopic (exact) mass is 483 g/mol. The molecule has 6 heteroatoms. The van der Waals surface area contributed by atoms with Crippen molar-refractivity contribution in [3.8, 4) is 11.8 Å². The third-order valence-corrected chi connectivity index (χ3v) is 10.3. The number of alkyl halides is 1. The summed E-state index contributed by atoms with van der Waals surface area (Å²) in [6.07, 6.45) is 6.87. The second-order valence-electron chi connectivity index (χ2n) is 12.1. The molecule has 1 N–H and O–H groups in total. The predicted molar refractivity (Wildman–Crippen MR) is 127 cm³/mol. The molecule has 0 radical (unpaired) electrons. The van der Waals surface area contributed by atoms with Crippen molar-refractivity contribution < 1.29 is 23.4 Å². The Balaban J connectivity index is 1.31. The summed E-state index contributed by atoms with van der Waals surface area (Å²) in [6, 6.07) is 5.87. The summed E-state index contributed by atoms with van der Waals surface area (Å²) in [6.45, 7) is 4.15. The molecule has 0 amide bonds. The molecule has 4 aliphatic carbocycles. The molecule has 4 aliphatic rings. The highest BCUT2D eigenvalue weighted by molar-refractivity contribution is 5.55. The van der Waals surface area contributed by atoms with E-state index in [1.54, 1.807) is 6.07 Å². The maximum atomic E-state index is 16.5. The molecule has 1 aromatic carbocycles. The second-order valence-corrected chi connectivity index (χ2v) is 12.1. The summed E-state index contributed by atoms with van der Waals surface area (Å²) in [5.41, 5.74) is -1.52. The number of nitrogens with zero attached hydrogens (tertiary/aromatic N) is 1. The topological polar surface area (TPSA) is 70.3 Å². The lowest BCUT2D eigenvalue weighted by Gasteiger charge is -2.59. The van der Waals surface area contributed by atoms with Crippen molar-refractivity contribution in [2.75, 3.05) is 6.61 Å². The fourth-order valence-corrected chi connectivity index (χ4v) is 8.59. The molecule has 0 unspecified atom stereocenters. The number of nitriles is 1. The van der Waals surface area contributed by atoms with Gasteiger partial charge in [-0.15, -0.1) is 0 Å². The van der Waals surface area contributed by atoms with Crippen molar-refractivity contribution >= 4 is 5.94 Å². The Bertz CT molecular complexity index is 1090. The van der Waals surface area contributed by atoms with Crippen molar-refractivity contribution in [2.45, 2.75) is 82.9 Å².